The van der Waals surface area contributed by atoms with E-state index in [1.165, 1.54) is 30.4 Å². The predicted octanol–water partition coefficient (Wildman–Crippen LogP) is 3.88. The van der Waals surface area contributed by atoms with Gasteiger partial charge in [-0.15, -0.1) is 0 Å². The van der Waals surface area contributed by atoms with Crippen LogP contribution in [0.5, 0.6) is 0 Å². The Morgan fingerprint density at radius 3 is 2.77 bits per heavy atom. The summed E-state index contributed by atoms with van der Waals surface area (Å²) in [4.78, 5) is 6.90. The highest BCUT2D eigenvalue weighted by Crippen LogP contribution is 2.34. The maximum absolute atomic E-state index is 5.40. The number of hydrogen-bond acceptors (Lipinski definition) is 4. The van der Waals surface area contributed by atoms with Crippen molar-refractivity contribution in [3.8, 4) is 0 Å². The van der Waals surface area contributed by atoms with Gasteiger partial charge in [-0.2, -0.15) is 4.98 Å². The Balaban J connectivity index is 1.75. The molecule has 118 valence electrons. The topological polar surface area (TPSA) is 42.2 Å². The molecule has 0 saturated carbocycles. The monoisotopic (exact) mass is 299 g/mol. The summed E-state index contributed by atoms with van der Waals surface area (Å²) >= 11 is 0. The van der Waals surface area contributed by atoms with E-state index in [0.29, 0.717) is 11.9 Å². The van der Waals surface area contributed by atoms with Crippen LogP contribution < -0.4 is 0 Å². The fraction of sp³-hybridized carbons (Fsp3) is 0.556. The lowest BCUT2D eigenvalue weighted by Crippen LogP contribution is -2.28. The molecule has 3 rings (SSSR count). The molecule has 2 aromatic rings. The fourth-order valence-corrected chi connectivity index (χ4v) is 3.14. The SMILES string of the molecule is CN(Cc1noc(C(C)(C)C)n1)[C@@H]1CCCc2ccccc21. The van der Waals surface area contributed by atoms with Crippen molar-refractivity contribution >= 4 is 0 Å². The highest BCUT2D eigenvalue weighted by Gasteiger charge is 2.26. The van der Waals surface area contributed by atoms with E-state index in [2.05, 4.69) is 67.1 Å². The van der Waals surface area contributed by atoms with Crippen molar-refractivity contribution in [1.82, 2.24) is 15.0 Å². The van der Waals surface area contributed by atoms with Crippen LogP contribution in [-0.4, -0.2) is 22.1 Å². The van der Waals surface area contributed by atoms with Crippen LogP contribution in [0.25, 0.3) is 0 Å². The first kappa shape index (κ1) is 15.2. The van der Waals surface area contributed by atoms with Gasteiger partial charge >= 0.3 is 0 Å². The van der Waals surface area contributed by atoms with Crippen LogP contribution in [0, 0.1) is 0 Å². The zero-order valence-electron chi connectivity index (χ0n) is 14.0. The van der Waals surface area contributed by atoms with Crippen molar-refractivity contribution in [2.45, 2.75) is 58.0 Å². The molecule has 0 radical (unpaired) electrons. The van der Waals surface area contributed by atoms with Gasteiger partial charge in [-0.1, -0.05) is 50.2 Å². The summed E-state index contributed by atoms with van der Waals surface area (Å²) in [5.74, 6) is 1.48. The third kappa shape index (κ3) is 3.07. The van der Waals surface area contributed by atoms with E-state index in [1.54, 1.807) is 0 Å². The smallest absolute Gasteiger partial charge is 0.232 e. The zero-order valence-corrected chi connectivity index (χ0v) is 14.0. The number of benzene rings is 1. The molecule has 1 aliphatic rings. The molecule has 0 bridgehead atoms. The average molecular weight is 299 g/mol. The minimum atomic E-state index is -0.0960. The molecule has 0 N–H and O–H groups in total. The maximum Gasteiger partial charge on any atom is 0.232 e. The van der Waals surface area contributed by atoms with E-state index in [0.717, 1.165) is 12.4 Å². The van der Waals surface area contributed by atoms with Gasteiger partial charge in [-0.25, -0.2) is 0 Å². The lowest BCUT2D eigenvalue weighted by atomic mass is 9.87. The number of aryl methyl sites for hydroxylation is 1. The minimum Gasteiger partial charge on any atom is -0.339 e. The van der Waals surface area contributed by atoms with E-state index in [-0.39, 0.29) is 5.41 Å². The van der Waals surface area contributed by atoms with E-state index < -0.39 is 0 Å². The van der Waals surface area contributed by atoms with Crippen LogP contribution in [0.3, 0.4) is 0 Å². The first-order valence-corrected chi connectivity index (χ1v) is 8.06. The van der Waals surface area contributed by atoms with Crippen molar-refractivity contribution in [1.29, 1.82) is 0 Å². The molecule has 1 aliphatic carbocycles. The van der Waals surface area contributed by atoms with Crippen LogP contribution in [-0.2, 0) is 18.4 Å². The highest BCUT2D eigenvalue weighted by molar-refractivity contribution is 5.32. The van der Waals surface area contributed by atoms with Gasteiger partial charge in [0.1, 0.15) is 0 Å². The van der Waals surface area contributed by atoms with Gasteiger partial charge in [0.25, 0.3) is 0 Å². The first-order valence-electron chi connectivity index (χ1n) is 8.06. The van der Waals surface area contributed by atoms with Gasteiger partial charge < -0.3 is 4.52 Å². The molecular weight excluding hydrogens is 274 g/mol. The lowest BCUT2D eigenvalue weighted by Gasteiger charge is -2.32. The van der Waals surface area contributed by atoms with Crippen molar-refractivity contribution < 1.29 is 4.52 Å². The Kier molecular flexibility index (Phi) is 4.04. The van der Waals surface area contributed by atoms with Gasteiger partial charge in [0.05, 0.1) is 6.54 Å². The van der Waals surface area contributed by atoms with Crippen LogP contribution in [0.4, 0.5) is 0 Å². The zero-order chi connectivity index (χ0) is 15.7. The Bertz CT molecular complexity index is 642. The summed E-state index contributed by atoms with van der Waals surface area (Å²) in [5, 5.41) is 4.15. The third-order valence-electron chi connectivity index (χ3n) is 4.37. The molecule has 1 heterocycles. The first-order chi connectivity index (χ1) is 10.4. The average Bonchev–Trinajstić information content (AvgIpc) is 2.95. The Morgan fingerprint density at radius 1 is 1.27 bits per heavy atom. The van der Waals surface area contributed by atoms with Crippen LogP contribution in [0.1, 0.15) is 62.5 Å². The summed E-state index contributed by atoms with van der Waals surface area (Å²) in [6.07, 6.45) is 3.62. The van der Waals surface area contributed by atoms with Crippen LogP contribution >= 0.6 is 0 Å². The summed E-state index contributed by atoms with van der Waals surface area (Å²) in [6, 6.07) is 9.22. The molecule has 0 amide bonds. The highest BCUT2D eigenvalue weighted by atomic mass is 16.5. The molecule has 1 aromatic carbocycles. The van der Waals surface area contributed by atoms with Gasteiger partial charge in [-0.05, 0) is 37.4 Å². The number of aromatic nitrogens is 2. The van der Waals surface area contributed by atoms with Crippen molar-refractivity contribution in [3.05, 3.63) is 47.1 Å². The second-order valence-electron chi connectivity index (χ2n) is 7.29. The normalized spacial score (nSPS) is 18.5. The number of hydrogen-bond donors (Lipinski definition) is 0. The molecule has 0 spiro atoms. The second kappa shape index (κ2) is 5.84. The number of nitrogens with zero attached hydrogens (tertiary/aromatic N) is 3. The van der Waals surface area contributed by atoms with Crippen molar-refractivity contribution in [2.24, 2.45) is 0 Å². The predicted molar refractivity (Wildman–Crippen MR) is 86.6 cm³/mol. The molecular formula is C18H25N3O. The van der Waals surface area contributed by atoms with E-state index >= 15 is 0 Å². The summed E-state index contributed by atoms with van der Waals surface area (Å²) in [5.41, 5.74) is 2.84. The quantitative estimate of drug-likeness (QED) is 0.862. The van der Waals surface area contributed by atoms with Crippen molar-refractivity contribution in [2.75, 3.05) is 7.05 Å². The third-order valence-corrected chi connectivity index (χ3v) is 4.37. The molecule has 4 nitrogen and oxygen atoms in total. The number of fused-ring (bicyclic) bond motifs is 1. The fourth-order valence-electron chi connectivity index (χ4n) is 3.14. The van der Waals surface area contributed by atoms with Crippen molar-refractivity contribution in [3.63, 3.8) is 0 Å². The van der Waals surface area contributed by atoms with Gasteiger partial charge in [0, 0.05) is 11.5 Å². The molecule has 22 heavy (non-hydrogen) atoms. The molecule has 1 atom stereocenters. The van der Waals surface area contributed by atoms with Crippen LogP contribution in [0.2, 0.25) is 0 Å². The minimum absolute atomic E-state index is 0.0960. The molecule has 0 unspecified atom stereocenters. The Labute approximate surface area is 132 Å². The second-order valence-corrected chi connectivity index (χ2v) is 7.29. The van der Waals surface area contributed by atoms with E-state index in [1.807, 2.05) is 0 Å². The molecule has 4 heteroatoms. The molecule has 0 fully saturated rings. The summed E-state index contributed by atoms with van der Waals surface area (Å²) in [6.45, 7) is 6.99. The van der Waals surface area contributed by atoms with Gasteiger partial charge in [-0.3, -0.25) is 4.90 Å². The lowest BCUT2D eigenvalue weighted by molar-refractivity contribution is 0.205. The summed E-state index contributed by atoms with van der Waals surface area (Å²) in [7, 11) is 2.15. The molecule has 0 saturated heterocycles. The Morgan fingerprint density at radius 2 is 2.05 bits per heavy atom. The molecule has 1 aromatic heterocycles. The summed E-state index contributed by atoms with van der Waals surface area (Å²) < 4.78 is 5.40. The van der Waals surface area contributed by atoms with E-state index in [4.69, 9.17) is 4.52 Å². The van der Waals surface area contributed by atoms with Gasteiger partial charge in [0.15, 0.2) is 5.82 Å². The maximum atomic E-state index is 5.40. The molecule has 0 aliphatic heterocycles. The van der Waals surface area contributed by atoms with Gasteiger partial charge in [0.2, 0.25) is 5.89 Å². The largest absolute Gasteiger partial charge is 0.339 e. The standard InChI is InChI=1S/C18H25N3O/c1-18(2,3)17-19-16(20-22-17)12-21(4)15-11-7-9-13-8-5-6-10-14(13)15/h5-6,8,10,15H,7,9,11-12H2,1-4H3/t15-/m1/s1. The Hall–Kier alpha value is -1.68. The number of rotatable bonds is 3. The van der Waals surface area contributed by atoms with Crippen LogP contribution in [0.15, 0.2) is 28.8 Å². The van der Waals surface area contributed by atoms with E-state index in [9.17, 15) is 0 Å².